The minimum Gasteiger partial charge on any atom is -0.330 e. The summed E-state index contributed by atoms with van der Waals surface area (Å²) in [6.07, 6.45) is -2.60. The SMILES string of the molecule is NCC1(CC(F)F)CCS(=O)(=O)C1. The number of rotatable bonds is 3. The van der Waals surface area contributed by atoms with Gasteiger partial charge >= 0.3 is 0 Å². The molecule has 0 aromatic rings. The molecule has 6 heteroatoms. The van der Waals surface area contributed by atoms with Crippen LogP contribution in [0, 0.1) is 5.41 Å². The van der Waals surface area contributed by atoms with Gasteiger partial charge in [0.15, 0.2) is 9.84 Å². The van der Waals surface area contributed by atoms with Crippen LogP contribution in [0.3, 0.4) is 0 Å². The lowest BCUT2D eigenvalue weighted by molar-refractivity contribution is 0.0858. The lowest BCUT2D eigenvalue weighted by Gasteiger charge is -2.24. The van der Waals surface area contributed by atoms with Crippen molar-refractivity contribution in [2.45, 2.75) is 19.3 Å². The smallest absolute Gasteiger partial charge is 0.239 e. The van der Waals surface area contributed by atoms with Crippen molar-refractivity contribution in [1.82, 2.24) is 0 Å². The summed E-state index contributed by atoms with van der Waals surface area (Å²) in [4.78, 5) is 0. The third kappa shape index (κ3) is 2.60. The first-order chi connectivity index (χ1) is 5.89. The van der Waals surface area contributed by atoms with Crippen LogP contribution in [0.15, 0.2) is 0 Å². The highest BCUT2D eigenvalue weighted by Gasteiger charge is 2.42. The summed E-state index contributed by atoms with van der Waals surface area (Å²) in [7, 11) is -3.12. The van der Waals surface area contributed by atoms with E-state index in [1.54, 1.807) is 0 Å². The van der Waals surface area contributed by atoms with Gasteiger partial charge in [0.2, 0.25) is 6.43 Å². The Labute approximate surface area is 76.2 Å². The zero-order valence-electron chi connectivity index (χ0n) is 7.17. The number of nitrogens with two attached hydrogens (primary N) is 1. The van der Waals surface area contributed by atoms with E-state index in [9.17, 15) is 17.2 Å². The molecule has 1 aliphatic heterocycles. The van der Waals surface area contributed by atoms with Crippen LogP contribution in [0.4, 0.5) is 8.78 Å². The first-order valence-corrected chi connectivity index (χ1v) is 5.90. The number of hydrogen-bond donors (Lipinski definition) is 1. The number of halogens is 2. The van der Waals surface area contributed by atoms with E-state index in [0.717, 1.165) is 0 Å². The normalized spacial score (nSPS) is 32.6. The van der Waals surface area contributed by atoms with Crippen LogP contribution < -0.4 is 5.73 Å². The maximum Gasteiger partial charge on any atom is 0.239 e. The molecule has 3 nitrogen and oxygen atoms in total. The minimum atomic E-state index is -3.12. The molecule has 0 radical (unpaired) electrons. The molecule has 1 heterocycles. The Morgan fingerprint density at radius 1 is 1.46 bits per heavy atom. The largest absolute Gasteiger partial charge is 0.330 e. The number of sulfone groups is 1. The van der Waals surface area contributed by atoms with Crippen molar-refractivity contribution in [3.05, 3.63) is 0 Å². The first-order valence-electron chi connectivity index (χ1n) is 4.08. The van der Waals surface area contributed by atoms with Crippen molar-refractivity contribution in [2.75, 3.05) is 18.1 Å². The minimum absolute atomic E-state index is 0.00306. The monoisotopic (exact) mass is 213 g/mol. The zero-order valence-corrected chi connectivity index (χ0v) is 7.99. The van der Waals surface area contributed by atoms with Crippen molar-refractivity contribution in [2.24, 2.45) is 11.1 Å². The molecule has 1 atom stereocenters. The van der Waals surface area contributed by atoms with Crippen molar-refractivity contribution in [1.29, 1.82) is 0 Å². The molecule has 0 aliphatic carbocycles. The summed E-state index contributed by atoms with van der Waals surface area (Å²) in [6, 6.07) is 0. The molecule has 1 aliphatic rings. The molecular weight excluding hydrogens is 200 g/mol. The van der Waals surface area contributed by atoms with Crippen LogP contribution >= 0.6 is 0 Å². The molecule has 1 unspecified atom stereocenters. The Morgan fingerprint density at radius 3 is 2.38 bits per heavy atom. The van der Waals surface area contributed by atoms with E-state index in [1.165, 1.54) is 0 Å². The topological polar surface area (TPSA) is 60.2 Å². The average molecular weight is 213 g/mol. The van der Waals surface area contributed by atoms with Gasteiger partial charge in [-0.1, -0.05) is 0 Å². The van der Waals surface area contributed by atoms with Crippen LogP contribution in [-0.4, -0.2) is 32.9 Å². The summed E-state index contributed by atoms with van der Waals surface area (Å²) in [5.41, 5.74) is 4.47. The molecule has 0 saturated carbocycles. The van der Waals surface area contributed by atoms with E-state index in [1.807, 2.05) is 0 Å². The molecule has 13 heavy (non-hydrogen) atoms. The van der Waals surface area contributed by atoms with Gasteiger partial charge in [0.25, 0.3) is 0 Å². The summed E-state index contributed by atoms with van der Waals surface area (Å²) in [5, 5.41) is 0. The Morgan fingerprint density at radius 2 is 2.08 bits per heavy atom. The van der Waals surface area contributed by atoms with Gasteiger partial charge in [-0.2, -0.15) is 0 Å². The predicted molar refractivity (Wildman–Crippen MR) is 45.4 cm³/mol. The van der Waals surface area contributed by atoms with Crippen molar-refractivity contribution < 1.29 is 17.2 Å². The van der Waals surface area contributed by atoms with E-state index in [4.69, 9.17) is 5.73 Å². The Balaban J connectivity index is 2.74. The maximum absolute atomic E-state index is 12.1. The van der Waals surface area contributed by atoms with Crippen molar-refractivity contribution in [3.8, 4) is 0 Å². The Kier molecular flexibility index (Phi) is 2.91. The van der Waals surface area contributed by atoms with Gasteiger partial charge in [0.1, 0.15) is 0 Å². The van der Waals surface area contributed by atoms with Crippen molar-refractivity contribution in [3.63, 3.8) is 0 Å². The Bertz CT molecular complexity index is 278. The fourth-order valence-corrected chi connectivity index (χ4v) is 3.92. The highest BCUT2D eigenvalue weighted by atomic mass is 32.2. The van der Waals surface area contributed by atoms with Gasteiger partial charge in [-0.25, -0.2) is 17.2 Å². The second-order valence-electron chi connectivity index (χ2n) is 3.64. The van der Waals surface area contributed by atoms with Gasteiger partial charge in [0, 0.05) is 11.8 Å². The highest BCUT2D eigenvalue weighted by molar-refractivity contribution is 7.91. The molecule has 1 rings (SSSR count). The van der Waals surface area contributed by atoms with Crippen LogP contribution in [0.5, 0.6) is 0 Å². The van der Waals surface area contributed by atoms with Gasteiger partial charge in [0.05, 0.1) is 11.5 Å². The summed E-state index contributed by atoms with van der Waals surface area (Å²) < 4.78 is 46.4. The molecule has 0 aromatic carbocycles. The zero-order chi connectivity index (χ0) is 10.1. The Hall–Kier alpha value is -0.230. The summed E-state index contributed by atoms with van der Waals surface area (Å²) in [5.74, 6) is -0.183. The summed E-state index contributed by atoms with van der Waals surface area (Å²) in [6.45, 7) is 0.0244. The van der Waals surface area contributed by atoms with Gasteiger partial charge in [-0.15, -0.1) is 0 Å². The second-order valence-corrected chi connectivity index (χ2v) is 5.83. The van der Waals surface area contributed by atoms with Gasteiger partial charge in [-0.05, 0) is 13.0 Å². The lowest BCUT2D eigenvalue weighted by Crippen LogP contribution is -2.33. The molecule has 1 saturated heterocycles. The maximum atomic E-state index is 12.1. The van der Waals surface area contributed by atoms with E-state index in [0.29, 0.717) is 0 Å². The average Bonchev–Trinajstić information content (AvgIpc) is 2.26. The quantitative estimate of drug-likeness (QED) is 0.738. The van der Waals surface area contributed by atoms with E-state index < -0.39 is 28.1 Å². The van der Waals surface area contributed by atoms with Crippen molar-refractivity contribution >= 4 is 9.84 Å². The standard InChI is InChI=1S/C7H13F2NO2S/c8-6(9)3-7(4-10)1-2-13(11,12)5-7/h6H,1-5,10H2. The first kappa shape index (κ1) is 10.8. The summed E-state index contributed by atoms with van der Waals surface area (Å²) >= 11 is 0. The van der Waals surface area contributed by atoms with E-state index in [-0.39, 0.29) is 24.5 Å². The predicted octanol–water partition coefficient (Wildman–Crippen LogP) is 0.405. The molecule has 1 fully saturated rings. The molecule has 78 valence electrons. The molecule has 0 bridgehead atoms. The van der Waals surface area contributed by atoms with Crippen LogP contribution in [0.1, 0.15) is 12.8 Å². The van der Waals surface area contributed by atoms with Gasteiger partial charge < -0.3 is 5.73 Å². The third-order valence-corrected chi connectivity index (χ3v) is 4.37. The fourth-order valence-electron chi connectivity index (χ4n) is 1.72. The van der Waals surface area contributed by atoms with Crippen LogP contribution in [0.2, 0.25) is 0 Å². The number of hydrogen-bond acceptors (Lipinski definition) is 3. The third-order valence-electron chi connectivity index (χ3n) is 2.49. The van der Waals surface area contributed by atoms with Gasteiger partial charge in [-0.3, -0.25) is 0 Å². The van der Waals surface area contributed by atoms with Crippen LogP contribution in [-0.2, 0) is 9.84 Å². The molecule has 0 aromatic heterocycles. The molecule has 2 N–H and O–H groups in total. The molecule has 0 spiro atoms. The molecular formula is C7H13F2NO2S. The molecule has 0 amide bonds. The highest BCUT2D eigenvalue weighted by Crippen LogP contribution is 2.36. The van der Waals surface area contributed by atoms with E-state index in [2.05, 4.69) is 0 Å². The fraction of sp³-hybridized carbons (Fsp3) is 1.00. The van der Waals surface area contributed by atoms with Crippen LogP contribution in [0.25, 0.3) is 0 Å². The second kappa shape index (κ2) is 3.49. The lowest BCUT2D eigenvalue weighted by atomic mass is 9.84. The number of alkyl halides is 2. The van der Waals surface area contributed by atoms with E-state index >= 15 is 0 Å².